The molecule has 2 N–H and O–H groups in total. The zero-order valence-corrected chi connectivity index (χ0v) is 12.1. The first-order chi connectivity index (χ1) is 8.36. The number of hydrogen-bond acceptors (Lipinski definition) is 3. The quantitative estimate of drug-likeness (QED) is 0.642. The second-order valence-corrected chi connectivity index (χ2v) is 6.36. The first kappa shape index (κ1) is 15.4. The van der Waals surface area contributed by atoms with Crippen LogP contribution in [0.4, 0.5) is 0 Å². The SMILES string of the molecule is CC(C)CN(CC(C)C)CC(O)CC1CC(=O)N1. The summed E-state index contributed by atoms with van der Waals surface area (Å²) in [5, 5.41) is 12.9. The summed E-state index contributed by atoms with van der Waals surface area (Å²) in [4.78, 5) is 13.1. The average molecular weight is 256 g/mol. The van der Waals surface area contributed by atoms with E-state index in [-0.39, 0.29) is 18.1 Å². The van der Waals surface area contributed by atoms with Crippen LogP contribution in [0, 0.1) is 11.8 Å². The Hall–Kier alpha value is -0.610. The Bertz CT molecular complexity index is 249. The molecule has 106 valence electrons. The van der Waals surface area contributed by atoms with Crippen molar-refractivity contribution in [1.29, 1.82) is 0 Å². The Morgan fingerprint density at radius 3 is 2.11 bits per heavy atom. The molecule has 1 heterocycles. The predicted octanol–water partition coefficient (Wildman–Crippen LogP) is 1.24. The number of nitrogens with one attached hydrogen (secondary N) is 1. The summed E-state index contributed by atoms with van der Waals surface area (Å²) in [6.07, 6.45) is 0.914. The molecular formula is C14H28N2O2. The summed E-state index contributed by atoms with van der Waals surface area (Å²) < 4.78 is 0. The molecule has 4 nitrogen and oxygen atoms in total. The van der Waals surface area contributed by atoms with E-state index in [1.807, 2.05) is 0 Å². The third-order valence-corrected chi connectivity index (χ3v) is 3.07. The molecule has 1 saturated heterocycles. The molecule has 0 aromatic rings. The van der Waals surface area contributed by atoms with Gasteiger partial charge in [0, 0.05) is 32.1 Å². The number of hydrogen-bond donors (Lipinski definition) is 2. The normalized spacial score (nSPS) is 21.3. The van der Waals surface area contributed by atoms with Gasteiger partial charge in [-0.25, -0.2) is 0 Å². The van der Waals surface area contributed by atoms with Crippen LogP contribution in [0.15, 0.2) is 0 Å². The van der Waals surface area contributed by atoms with Crippen molar-refractivity contribution in [3.8, 4) is 0 Å². The van der Waals surface area contributed by atoms with Crippen LogP contribution < -0.4 is 5.32 Å². The molecule has 2 unspecified atom stereocenters. The lowest BCUT2D eigenvalue weighted by atomic mass is 9.98. The van der Waals surface area contributed by atoms with E-state index in [4.69, 9.17) is 0 Å². The Kier molecular flexibility index (Phi) is 6.09. The molecule has 4 heteroatoms. The van der Waals surface area contributed by atoms with Crippen LogP contribution in [0.5, 0.6) is 0 Å². The molecule has 18 heavy (non-hydrogen) atoms. The van der Waals surface area contributed by atoms with Crippen molar-refractivity contribution in [2.24, 2.45) is 11.8 Å². The number of carbonyl (C=O) groups excluding carboxylic acids is 1. The third kappa shape index (κ3) is 5.83. The Balaban J connectivity index is 2.31. The summed E-state index contributed by atoms with van der Waals surface area (Å²) in [5.41, 5.74) is 0. The standard InChI is InChI=1S/C14H28N2O2/c1-10(2)7-16(8-11(3)4)9-13(17)5-12-6-14(18)15-12/h10-13,17H,5-9H2,1-4H3,(H,15,18). The number of aliphatic hydroxyl groups is 1. The minimum absolute atomic E-state index is 0.105. The van der Waals surface area contributed by atoms with Crippen molar-refractivity contribution in [2.75, 3.05) is 19.6 Å². The van der Waals surface area contributed by atoms with Gasteiger partial charge in [0.2, 0.25) is 5.91 Å². The molecule has 0 aliphatic carbocycles. The van der Waals surface area contributed by atoms with Gasteiger partial charge in [0.15, 0.2) is 0 Å². The first-order valence-corrected chi connectivity index (χ1v) is 7.06. The van der Waals surface area contributed by atoms with Gasteiger partial charge in [0.25, 0.3) is 0 Å². The fourth-order valence-corrected chi connectivity index (χ4v) is 2.53. The van der Waals surface area contributed by atoms with Crippen molar-refractivity contribution in [1.82, 2.24) is 10.2 Å². The maximum Gasteiger partial charge on any atom is 0.222 e. The minimum atomic E-state index is -0.340. The van der Waals surface area contributed by atoms with Gasteiger partial charge >= 0.3 is 0 Å². The molecule has 2 atom stereocenters. The monoisotopic (exact) mass is 256 g/mol. The highest BCUT2D eigenvalue weighted by Gasteiger charge is 2.28. The number of aliphatic hydroxyl groups excluding tert-OH is 1. The Morgan fingerprint density at radius 2 is 1.72 bits per heavy atom. The second-order valence-electron chi connectivity index (χ2n) is 6.36. The molecule has 0 radical (unpaired) electrons. The summed E-state index contributed by atoms with van der Waals surface area (Å²) in [7, 11) is 0. The van der Waals surface area contributed by atoms with Gasteiger partial charge in [-0.1, -0.05) is 27.7 Å². The van der Waals surface area contributed by atoms with Crippen LogP contribution in [-0.4, -0.2) is 47.7 Å². The van der Waals surface area contributed by atoms with Crippen LogP contribution in [0.3, 0.4) is 0 Å². The lowest BCUT2D eigenvalue weighted by Crippen LogP contribution is -2.51. The van der Waals surface area contributed by atoms with Crippen LogP contribution in [0.1, 0.15) is 40.5 Å². The molecule has 1 rings (SSSR count). The highest BCUT2D eigenvalue weighted by molar-refractivity contribution is 5.82. The molecule has 1 amide bonds. The number of carbonyl (C=O) groups is 1. The molecule has 0 saturated carbocycles. The summed E-state index contributed by atoms with van der Waals surface area (Å²) in [6, 6.07) is 0.187. The molecule has 0 spiro atoms. The van der Waals surface area contributed by atoms with Crippen molar-refractivity contribution in [3.63, 3.8) is 0 Å². The van der Waals surface area contributed by atoms with Gasteiger partial charge in [0.05, 0.1) is 6.10 Å². The van der Waals surface area contributed by atoms with E-state index in [1.165, 1.54) is 0 Å². The van der Waals surface area contributed by atoms with Gasteiger partial charge in [-0.2, -0.15) is 0 Å². The van der Waals surface area contributed by atoms with Gasteiger partial charge in [-0.3, -0.25) is 4.79 Å². The summed E-state index contributed by atoms with van der Waals surface area (Å²) >= 11 is 0. The second kappa shape index (κ2) is 7.10. The topological polar surface area (TPSA) is 52.6 Å². The van der Waals surface area contributed by atoms with Crippen LogP contribution in [0.25, 0.3) is 0 Å². The average Bonchev–Trinajstić information content (AvgIpc) is 2.12. The predicted molar refractivity (Wildman–Crippen MR) is 73.3 cm³/mol. The molecule has 1 aliphatic heterocycles. The maximum absolute atomic E-state index is 10.8. The summed E-state index contributed by atoms with van der Waals surface area (Å²) in [5.74, 6) is 1.33. The smallest absolute Gasteiger partial charge is 0.222 e. The number of nitrogens with zero attached hydrogens (tertiary/aromatic N) is 1. The van der Waals surface area contributed by atoms with Gasteiger partial charge in [-0.15, -0.1) is 0 Å². The summed E-state index contributed by atoms with van der Waals surface area (Å²) in [6.45, 7) is 11.6. The molecule has 0 aromatic carbocycles. The van der Waals surface area contributed by atoms with E-state index in [0.29, 0.717) is 31.2 Å². The van der Waals surface area contributed by atoms with Crippen LogP contribution >= 0.6 is 0 Å². The highest BCUT2D eigenvalue weighted by Crippen LogP contribution is 2.13. The maximum atomic E-state index is 10.8. The van der Waals surface area contributed by atoms with E-state index in [9.17, 15) is 9.90 Å². The van der Waals surface area contributed by atoms with Crippen molar-refractivity contribution in [3.05, 3.63) is 0 Å². The van der Waals surface area contributed by atoms with Crippen molar-refractivity contribution < 1.29 is 9.90 Å². The number of amides is 1. The first-order valence-electron chi connectivity index (χ1n) is 7.06. The van der Waals surface area contributed by atoms with Crippen LogP contribution in [0.2, 0.25) is 0 Å². The number of β-lactam (4-membered cyclic amide) rings is 1. The molecule has 0 aromatic heterocycles. The highest BCUT2D eigenvalue weighted by atomic mass is 16.3. The fraction of sp³-hybridized carbons (Fsp3) is 0.929. The van der Waals surface area contributed by atoms with E-state index in [2.05, 4.69) is 37.9 Å². The zero-order valence-electron chi connectivity index (χ0n) is 12.1. The fourth-order valence-electron chi connectivity index (χ4n) is 2.53. The molecular weight excluding hydrogens is 228 g/mol. The van der Waals surface area contributed by atoms with Crippen molar-refractivity contribution >= 4 is 5.91 Å². The van der Waals surface area contributed by atoms with Crippen LogP contribution in [-0.2, 0) is 4.79 Å². The van der Waals surface area contributed by atoms with Gasteiger partial charge in [-0.05, 0) is 18.3 Å². The minimum Gasteiger partial charge on any atom is -0.392 e. The number of rotatable bonds is 8. The van der Waals surface area contributed by atoms with E-state index < -0.39 is 0 Å². The molecule has 0 bridgehead atoms. The lowest BCUT2D eigenvalue weighted by molar-refractivity contribution is -0.128. The lowest BCUT2D eigenvalue weighted by Gasteiger charge is -2.32. The van der Waals surface area contributed by atoms with E-state index in [1.54, 1.807) is 0 Å². The van der Waals surface area contributed by atoms with E-state index >= 15 is 0 Å². The van der Waals surface area contributed by atoms with Crippen molar-refractivity contribution in [2.45, 2.75) is 52.7 Å². The molecule has 1 aliphatic rings. The Morgan fingerprint density at radius 1 is 1.22 bits per heavy atom. The molecule has 1 fully saturated rings. The third-order valence-electron chi connectivity index (χ3n) is 3.07. The van der Waals surface area contributed by atoms with E-state index in [0.717, 1.165) is 13.1 Å². The van der Waals surface area contributed by atoms with Gasteiger partial charge < -0.3 is 15.3 Å². The Labute approximate surface area is 111 Å². The zero-order chi connectivity index (χ0) is 13.7. The largest absolute Gasteiger partial charge is 0.392 e. The van der Waals surface area contributed by atoms with Gasteiger partial charge in [0.1, 0.15) is 0 Å².